The SMILES string of the molecule is CC(C)CCC(C)(C)N(C)[C@@H](C)C(C)C. The Hall–Kier alpha value is -0.0400. The van der Waals surface area contributed by atoms with E-state index in [1.165, 1.54) is 12.8 Å². The highest BCUT2D eigenvalue weighted by Crippen LogP contribution is 2.25. The van der Waals surface area contributed by atoms with Gasteiger partial charge in [-0.1, -0.05) is 27.7 Å². The van der Waals surface area contributed by atoms with Gasteiger partial charge in [-0.3, -0.25) is 4.90 Å². The first-order valence-corrected chi connectivity index (χ1v) is 6.41. The molecule has 0 bridgehead atoms. The van der Waals surface area contributed by atoms with Crippen LogP contribution in [-0.4, -0.2) is 23.5 Å². The van der Waals surface area contributed by atoms with Crippen molar-refractivity contribution >= 4 is 0 Å². The molecule has 92 valence electrons. The van der Waals surface area contributed by atoms with Crippen LogP contribution in [0.2, 0.25) is 0 Å². The van der Waals surface area contributed by atoms with Crippen molar-refractivity contribution in [3.05, 3.63) is 0 Å². The smallest absolute Gasteiger partial charge is 0.0153 e. The summed E-state index contributed by atoms with van der Waals surface area (Å²) in [5, 5.41) is 0. The zero-order valence-electron chi connectivity index (χ0n) is 12.1. The van der Waals surface area contributed by atoms with Gasteiger partial charge in [0, 0.05) is 11.6 Å². The Morgan fingerprint density at radius 3 is 1.80 bits per heavy atom. The van der Waals surface area contributed by atoms with E-state index in [1.54, 1.807) is 0 Å². The van der Waals surface area contributed by atoms with Gasteiger partial charge in [0.2, 0.25) is 0 Å². The average molecular weight is 213 g/mol. The van der Waals surface area contributed by atoms with Gasteiger partial charge in [-0.2, -0.15) is 0 Å². The van der Waals surface area contributed by atoms with E-state index in [2.05, 4.69) is 60.4 Å². The Kier molecular flexibility index (Phi) is 5.87. The highest BCUT2D eigenvalue weighted by Gasteiger charge is 2.28. The minimum atomic E-state index is 0.327. The van der Waals surface area contributed by atoms with Crippen molar-refractivity contribution in [2.24, 2.45) is 11.8 Å². The summed E-state index contributed by atoms with van der Waals surface area (Å²) >= 11 is 0. The van der Waals surface area contributed by atoms with Gasteiger partial charge in [0.15, 0.2) is 0 Å². The second-order valence-electron chi connectivity index (χ2n) is 6.34. The molecule has 0 aromatic heterocycles. The first-order valence-electron chi connectivity index (χ1n) is 6.41. The number of hydrogen-bond donors (Lipinski definition) is 0. The van der Waals surface area contributed by atoms with E-state index < -0.39 is 0 Å². The Morgan fingerprint density at radius 1 is 1.00 bits per heavy atom. The van der Waals surface area contributed by atoms with Crippen LogP contribution in [0.3, 0.4) is 0 Å². The normalized spacial score (nSPS) is 15.4. The highest BCUT2D eigenvalue weighted by molar-refractivity contribution is 4.84. The van der Waals surface area contributed by atoms with E-state index in [-0.39, 0.29) is 0 Å². The summed E-state index contributed by atoms with van der Waals surface area (Å²) in [5.74, 6) is 1.54. The molecule has 0 radical (unpaired) electrons. The van der Waals surface area contributed by atoms with Gasteiger partial charge in [-0.25, -0.2) is 0 Å². The second-order valence-corrected chi connectivity index (χ2v) is 6.34. The molecule has 0 aliphatic heterocycles. The molecule has 0 aromatic carbocycles. The Labute approximate surface area is 97.2 Å². The molecule has 0 heterocycles. The zero-order chi connectivity index (χ0) is 12.2. The molecule has 0 aliphatic carbocycles. The van der Waals surface area contributed by atoms with Gasteiger partial charge in [-0.15, -0.1) is 0 Å². The quantitative estimate of drug-likeness (QED) is 0.640. The van der Waals surface area contributed by atoms with Crippen LogP contribution in [0.5, 0.6) is 0 Å². The topological polar surface area (TPSA) is 3.24 Å². The van der Waals surface area contributed by atoms with E-state index in [1.807, 2.05) is 0 Å². The second kappa shape index (κ2) is 5.89. The van der Waals surface area contributed by atoms with Crippen molar-refractivity contribution < 1.29 is 0 Å². The van der Waals surface area contributed by atoms with Gasteiger partial charge in [0.05, 0.1) is 0 Å². The lowest BCUT2D eigenvalue weighted by atomic mass is 9.89. The van der Waals surface area contributed by atoms with Gasteiger partial charge < -0.3 is 0 Å². The fourth-order valence-corrected chi connectivity index (χ4v) is 1.82. The van der Waals surface area contributed by atoms with Gasteiger partial charge in [-0.05, 0) is 52.5 Å². The van der Waals surface area contributed by atoms with Crippen molar-refractivity contribution in [2.45, 2.75) is 72.9 Å². The molecule has 1 nitrogen and oxygen atoms in total. The third-order valence-corrected chi connectivity index (χ3v) is 3.86. The summed E-state index contributed by atoms with van der Waals surface area (Å²) in [6.07, 6.45) is 2.61. The molecule has 0 rings (SSSR count). The molecule has 0 spiro atoms. The lowest BCUT2D eigenvalue weighted by Crippen LogP contribution is -2.48. The fraction of sp³-hybridized carbons (Fsp3) is 1.00. The van der Waals surface area contributed by atoms with Gasteiger partial charge in [0.1, 0.15) is 0 Å². The van der Waals surface area contributed by atoms with Crippen LogP contribution in [0.25, 0.3) is 0 Å². The van der Waals surface area contributed by atoms with Gasteiger partial charge >= 0.3 is 0 Å². The van der Waals surface area contributed by atoms with E-state index in [0.29, 0.717) is 11.6 Å². The largest absolute Gasteiger partial charge is 0.298 e. The molecule has 0 unspecified atom stereocenters. The maximum Gasteiger partial charge on any atom is 0.0153 e. The molecule has 0 N–H and O–H groups in total. The standard InChI is InChI=1S/C14H31N/c1-11(2)9-10-14(6,7)15(8)13(5)12(3)4/h11-13H,9-10H2,1-8H3/t13-/m0/s1. The summed E-state index contributed by atoms with van der Waals surface area (Å²) in [7, 11) is 2.27. The fourth-order valence-electron chi connectivity index (χ4n) is 1.82. The predicted molar refractivity (Wildman–Crippen MR) is 70.2 cm³/mol. The van der Waals surface area contributed by atoms with Crippen LogP contribution in [0, 0.1) is 11.8 Å². The minimum absolute atomic E-state index is 0.327. The lowest BCUT2D eigenvalue weighted by molar-refractivity contribution is 0.0732. The maximum atomic E-state index is 2.54. The minimum Gasteiger partial charge on any atom is -0.298 e. The maximum absolute atomic E-state index is 2.54. The number of hydrogen-bond acceptors (Lipinski definition) is 1. The van der Waals surface area contributed by atoms with Crippen LogP contribution >= 0.6 is 0 Å². The van der Waals surface area contributed by atoms with Crippen molar-refractivity contribution in [2.75, 3.05) is 7.05 Å². The van der Waals surface area contributed by atoms with Gasteiger partial charge in [0.25, 0.3) is 0 Å². The summed E-state index contributed by atoms with van der Waals surface area (Å²) in [4.78, 5) is 2.54. The summed E-state index contributed by atoms with van der Waals surface area (Å²) in [5.41, 5.74) is 0.327. The van der Waals surface area contributed by atoms with Crippen LogP contribution in [-0.2, 0) is 0 Å². The zero-order valence-corrected chi connectivity index (χ0v) is 12.1. The van der Waals surface area contributed by atoms with Crippen LogP contribution in [0.4, 0.5) is 0 Å². The third kappa shape index (κ3) is 5.01. The molecular formula is C14H31N. The van der Waals surface area contributed by atoms with E-state index in [4.69, 9.17) is 0 Å². The lowest BCUT2D eigenvalue weighted by Gasteiger charge is -2.42. The van der Waals surface area contributed by atoms with Crippen LogP contribution < -0.4 is 0 Å². The molecule has 0 saturated heterocycles. The molecule has 15 heavy (non-hydrogen) atoms. The molecule has 0 saturated carbocycles. The summed E-state index contributed by atoms with van der Waals surface area (Å²) in [6, 6.07) is 0.659. The van der Waals surface area contributed by atoms with Crippen molar-refractivity contribution in [1.29, 1.82) is 0 Å². The Bertz CT molecular complexity index is 170. The van der Waals surface area contributed by atoms with Crippen molar-refractivity contribution in [3.8, 4) is 0 Å². The summed E-state index contributed by atoms with van der Waals surface area (Å²) < 4.78 is 0. The number of rotatable bonds is 6. The van der Waals surface area contributed by atoms with Crippen LogP contribution in [0.1, 0.15) is 61.3 Å². The monoisotopic (exact) mass is 213 g/mol. The molecule has 0 amide bonds. The van der Waals surface area contributed by atoms with E-state index in [0.717, 1.165) is 11.8 Å². The molecular weight excluding hydrogens is 182 g/mol. The molecule has 1 atom stereocenters. The first kappa shape index (κ1) is 15.0. The summed E-state index contributed by atoms with van der Waals surface area (Å²) in [6.45, 7) is 16.3. The molecule has 0 aromatic rings. The van der Waals surface area contributed by atoms with E-state index in [9.17, 15) is 0 Å². The Balaban J connectivity index is 4.30. The molecule has 0 aliphatic rings. The van der Waals surface area contributed by atoms with E-state index >= 15 is 0 Å². The first-order chi connectivity index (χ1) is 6.68. The average Bonchev–Trinajstić information content (AvgIpc) is 2.12. The van der Waals surface area contributed by atoms with Crippen molar-refractivity contribution in [3.63, 3.8) is 0 Å². The molecule has 1 heteroatoms. The van der Waals surface area contributed by atoms with Crippen LogP contribution in [0.15, 0.2) is 0 Å². The van der Waals surface area contributed by atoms with Crippen molar-refractivity contribution in [1.82, 2.24) is 4.90 Å². The predicted octanol–water partition coefficient (Wildman–Crippen LogP) is 4.18. The number of nitrogens with zero attached hydrogens (tertiary/aromatic N) is 1. The Morgan fingerprint density at radius 2 is 1.47 bits per heavy atom. The molecule has 0 fully saturated rings. The highest BCUT2D eigenvalue weighted by atomic mass is 15.2. The third-order valence-electron chi connectivity index (χ3n) is 3.86.